The van der Waals surface area contributed by atoms with Gasteiger partial charge in [-0.1, -0.05) is 5.16 Å². The average Bonchev–Trinajstić information content (AvgIpc) is 2.92. The van der Waals surface area contributed by atoms with E-state index in [1.165, 1.54) is 18.2 Å². The van der Waals surface area contributed by atoms with E-state index in [0.717, 1.165) is 9.77 Å². The van der Waals surface area contributed by atoms with Crippen LogP contribution in [0.4, 0.5) is 4.39 Å². The molecule has 2 heterocycles. The van der Waals surface area contributed by atoms with Gasteiger partial charge in [0.25, 0.3) is 5.89 Å². The second-order valence-electron chi connectivity index (χ2n) is 3.95. The van der Waals surface area contributed by atoms with Crippen molar-refractivity contribution in [1.82, 2.24) is 15.1 Å². The van der Waals surface area contributed by atoms with Crippen molar-refractivity contribution in [2.24, 2.45) is 0 Å². The number of hydrogen-bond donors (Lipinski definition) is 1. The first-order valence-electron chi connectivity index (χ1n) is 5.58. The average molecular weight is 383 g/mol. The lowest BCUT2D eigenvalue weighted by Crippen LogP contribution is -1.86. The van der Waals surface area contributed by atoms with Gasteiger partial charge in [0.15, 0.2) is 0 Å². The van der Waals surface area contributed by atoms with E-state index in [4.69, 9.17) is 4.52 Å². The molecule has 0 saturated carbocycles. The van der Waals surface area contributed by atoms with E-state index in [2.05, 4.69) is 15.1 Å². The zero-order chi connectivity index (χ0) is 14.1. The third kappa shape index (κ3) is 2.48. The van der Waals surface area contributed by atoms with E-state index in [1.807, 2.05) is 22.6 Å². The first-order chi connectivity index (χ1) is 9.63. The molecular weight excluding hydrogens is 376 g/mol. The molecule has 3 rings (SSSR count). The van der Waals surface area contributed by atoms with Crippen molar-refractivity contribution >= 4 is 22.6 Å². The Kier molecular flexibility index (Phi) is 3.35. The zero-order valence-corrected chi connectivity index (χ0v) is 12.1. The Morgan fingerprint density at radius 1 is 1.20 bits per heavy atom. The lowest BCUT2D eigenvalue weighted by molar-refractivity contribution is 0.431. The predicted molar refractivity (Wildman–Crippen MR) is 77.3 cm³/mol. The summed E-state index contributed by atoms with van der Waals surface area (Å²) in [7, 11) is 0. The van der Waals surface area contributed by atoms with Crippen LogP contribution >= 0.6 is 22.6 Å². The molecular formula is C13H7FIN3O2. The fourth-order valence-electron chi connectivity index (χ4n) is 1.60. The van der Waals surface area contributed by atoms with Gasteiger partial charge in [0.1, 0.15) is 17.3 Å². The number of rotatable bonds is 2. The van der Waals surface area contributed by atoms with Gasteiger partial charge in [0.05, 0.1) is 9.77 Å². The number of pyridine rings is 1. The summed E-state index contributed by atoms with van der Waals surface area (Å²) in [4.78, 5) is 8.05. The second-order valence-corrected chi connectivity index (χ2v) is 5.11. The summed E-state index contributed by atoms with van der Waals surface area (Å²) >= 11 is 2.02. The minimum absolute atomic E-state index is 0.141. The molecule has 0 aliphatic rings. The minimum atomic E-state index is -0.431. The summed E-state index contributed by atoms with van der Waals surface area (Å²) in [6.45, 7) is 0. The summed E-state index contributed by atoms with van der Waals surface area (Å²) in [6.07, 6.45) is 1.09. The number of phenols is 1. The Bertz CT molecular complexity index is 759. The minimum Gasteiger partial charge on any atom is -0.507 e. The molecule has 0 aliphatic heterocycles. The van der Waals surface area contributed by atoms with E-state index >= 15 is 0 Å². The summed E-state index contributed by atoms with van der Waals surface area (Å²) in [6, 6.07) is 7.78. The topological polar surface area (TPSA) is 72.0 Å². The normalized spacial score (nSPS) is 10.7. The van der Waals surface area contributed by atoms with Gasteiger partial charge >= 0.3 is 0 Å². The van der Waals surface area contributed by atoms with Crippen LogP contribution < -0.4 is 0 Å². The van der Waals surface area contributed by atoms with Gasteiger partial charge in [-0.15, -0.1) is 0 Å². The van der Waals surface area contributed by atoms with E-state index in [0.29, 0.717) is 11.3 Å². The first kappa shape index (κ1) is 13.0. The van der Waals surface area contributed by atoms with Crippen molar-refractivity contribution in [3.8, 4) is 28.7 Å². The second kappa shape index (κ2) is 5.16. The maximum absolute atomic E-state index is 12.8. The van der Waals surface area contributed by atoms with Crippen molar-refractivity contribution in [3.63, 3.8) is 0 Å². The highest BCUT2D eigenvalue weighted by molar-refractivity contribution is 14.1. The highest BCUT2D eigenvalue weighted by atomic mass is 127. The van der Waals surface area contributed by atoms with Crippen LogP contribution in [0.2, 0.25) is 0 Å². The molecule has 1 N–H and O–H groups in total. The van der Waals surface area contributed by atoms with Crippen LogP contribution in [0.15, 0.2) is 41.1 Å². The molecule has 0 bridgehead atoms. The number of nitrogens with zero attached hydrogens (tertiary/aromatic N) is 3. The number of halogens is 2. The van der Waals surface area contributed by atoms with Crippen molar-refractivity contribution in [3.05, 3.63) is 45.9 Å². The lowest BCUT2D eigenvalue weighted by Gasteiger charge is -1.98. The van der Waals surface area contributed by atoms with E-state index in [-0.39, 0.29) is 17.5 Å². The predicted octanol–water partition coefficient (Wildman–Crippen LogP) is 3.25. The van der Waals surface area contributed by atoms with E-state index in [9.17, 15) is 9.50 Å². The summed E-state index contributed by atoms with van der Waals surface area (Å²) in [5, 5.41) is 13.5. The SMILES string of the molecule is Oc1cc(-c2nc(-c3ccc(F)cn3)no2)ccc1I. The number of phenolic OH excluding ortho intramolecular Hbond substituents is 1. The zero-order valence-electron chi connectivity index (χ0n) is 9.92. The Morgan fingerprint density at radius 2 is 2.05 bits per heavy atom. The molecule has 3 aromatic rings. The van der Waals surface area contributed by atoms with Crippen LogP contribution in [0.1, 0.15) is 0 Å². The molecule has 0 saturated heterocycles. The van der Waals surface area contributed by atoms with Crippen LogP contribution in [0.5, 0.6) is 5.75 Å². The van der Waals surface area contributed by atoms with E-state index in [1.54, 1.807) is 12.1 Å². The highest BCUT2D eigenvalue weighted by Gasteiger charge is 2.12. The third-order valence-electron chi connectivity index (χ3n) is 2.58. The molecule has 20 heavy (non-hydrogen) atoms. The first-order valence-corrected chi connectivity index (χ1v) is 6.66. The van der Waals surface area contributed by atoms with Crippen molar-refractivity contribution in [2.75, 3.05) is 0 Å². The molecule has 0 aliphatic carbocycles. The lowest BCUT2D eigenvalue weighted by atomic mass is 10.2. The Morgan fingerprint density at radius 3 is 2.75 bits per heavy atom. The maximum atomic E-state index is 12.8. The molecule has 1 aromatic carbocycles. The van der Waals surface area contributed by atoms with Gasteiger partial charge in [-0.05, 0) is 52.9 Å². The molecule has 100 valence electrons. The summed E-state index contributed by atoms with van der Waals surface area (Å²) < 4.78 is 18.6. The Hall–Kier alpha value is -2.03. The van der Waals surface area contributed by atoms with Crippen LogP contribution in [-0.4, -0.2) is 20.2 Å². The molecule has 5 nitrogen and oxygen atoms in total. The van der Waals surface area contributed by atoms with Crippen LogP contribution in [0.25, 0.3) is 23.0 Å². The monoisotopic (exact) mass is 383 g/mol. The number of benzene rings is 1. The highest BCUT2D eigenvalue weighted by Crippen LogP contribution is 2.27. The van der Waals surface area contributed by atoms with Gasteiger partial charge in [0, 0.05) is 5.56 Å². The number of aromatic nitrogens is 3. The van der Waals surface area contributed by atoms with Crippen LogP contribution in [0.3, 0.4) is 0 Å². The fourth-order valence-corrected chi connectivity index (χ4v) is 1.93. The van der Waals surface area contributed by atoms with Crippen molar-refractivity contribution in [2.45, 2.75) is 0 Å². The smallest absolute Gasteiger partial charge is 0.258 e. The van der Waals surface area contributed by atoms with Gasteiger partial charge < -0.3 is 9.63 Å². The van der Waals surface area contributed by atoms with Gasteiger partial charge in [0.2, 0.25) is 5.82 Å². The van der Waals surface area contributed by atoms with Crippen molar-refractivity contribution < 1.29 is 14.0 Å². The fraction of sp³-hybridized carbons (Fsp3) is 0. The maximum Gasteiger partial charge on any atom is 0.258 e. The summed E-state index contributed by atoms with van der Waals surface area (Å²) in [5.41, 5.74) is 1.01. The summed E-state index contributed by atoms with van der Waals surface area (Å²) in [5.74, 6) is 0.235. The standard InChI is InChI=1S/C13H7FIN3O2/c14-8-2-4-10(16-6-8)12-17-13(20-18-12)7-1-3-9(15)11(19)5-7/h1-6,19H. The van der Waals surface area contributed by atoms with E-state index < -0.39 is 5.82 Å². The molecule has 2 aromatic heterocycles. The Balaban J connectivity index is 1.97. The molecule has 7 heteroatoms. The van der Waals surface area contributed by atoms with Crippen molar-refractivity contribution in [1.29, 1.82) is 0 Å². The van der Waals surface area contributed by atoms with Gasteiger partial charge in [-0.3, -0.25) is 0 Å². The quantitative estimate of drug-likeness (QED) is 0.688. The molecule has 0 spiro atoms. The Labute approximate surface area is 126 Å². The van der Waals surface area contributed by atoms with Crippen LogP contribution in [-0.2, 0) is 0 Å². The number of aromatic hydroxyl groups is 1. The molecule has 0 fully saturated rings. The third-order valence-corrected chi connectivity index (χ3v) is 3.49. The largest absolute Gasteiger partial charge is 0.507 e. The molecule has 0 radical (unpaired) electrons. The number of hydrogen-bond acceptors (Lipinski definition) is 5. The van der Waals surface area contributed by atoms with Gasteiger partial charge in [-0.25, -0.2) is 9.37 Å². The molecule has 0 unspecified atom stereocenters. The van der Waals surface area contributed by atoms with Crippen LogP contribution in [0, 0.1) is 9.39 Å². The molecule has 0 atom stereocenters. The molecule has 0 amide bonds. The van der Waals surface area contributed by atoms with Gasteiger partial charge in [-0.2, -0.15) is 4.98 Å².